The minimum Gasteiger partial charge on any atom is -0.481 e. The number of aromatic nitrogens is 1. The van der Waals surface area contributed by atoms with Crippen LogP contribution in [0.2, 0.25) is 0 Å². The first-order valence-electron chi connectivity index (χ1n) is 12.8. The molecule has 4 rings (SSSR count). The summed E-state index contributed by atoms with van der Waals surface area (Å²) in [6.45, 7) is 3.36. The average molecular weight is 538 g/mol. The maximum absolute atomic E-state index is 13.1. The highest BCUT2D eigenvalue weighted by Crippen LogP contribution is 2.30. The predicted molar refractivity (Wildman–Crippen MR) is 146 cm³/mol. The van der Waals surface area contributed by atoms with Crippen LogP contribution < -0.4 is 14.8 Å². The molecular formula is C29H35N3O5S. The topological polar surface area (TPSA) is 118 Å². The van der Waals surface area contributed by atoms with Crippen molar-refractivity contribution in [3.8, 4) is 17.0 Å². The quantitative estimate of drug-likeness (QED) is 0.376. The lowest BCUT2D eigenvalue weighted by atomic mass is 9.84. The van der Waals surface area contributed by atoms with Crippen LogP contribution in [0.5, 0.6) is 5.88 Å². The number of carbonyl (C=O) groups is 1. The molecule has 202 valence electrons. The van der Waals surface area contributed by atoms with Crippen molar-refractivity contribution in [2.24, 2.45) is 5.92 Å². The molecule has 9 heteroatoms. The monoisotopic (exact) mass is 537 g/mol. The molecule has 0 unspecified atom stereocenters. The van der Waals surface area contributed by atoms with Gasteiger partial charge in [-0.1, -0.05) is 42.5 Å². The van der Waals surface area contributed by atoms with E-state index in [4.69, 9.17) is 4.74 Å². The molecule has 1 heterocycles. The average Bonchev–Trinajstić information content (AvgIpc) is 2.92. The highest BCUT2D eigenvalue weighted by atomic mass is 32.2. The van der Waals surface area contributed by atoms with Crippen molar-refractivity contribution < 1.29 is 23.1 Å². The van der Waals surface area contributed by atoms with Gasteiger partial charge in [-0.3, -0.25) is 4.79 Å². The van der Waals surface area contributed by atoms with Gasteiger partial charge in [0.15, 0.2) is 0 Å². The molecule has 1 saturated carbocycles. The van der Waals surface area contributed by atoms with E-state index >= 15 is 0 Å². The van der Waals surface area contributed by atoms with E-state index in [0.717, 1.165) is 16.7 Å². The van der Waals surface area contributed by atoms with Crippen LogP contribution in [0.1, 0.15) is 51.1 Å². The molecule has 0 spiro atoms. The van der Waals surface area contributed by atoms with Crippen LogP contribution >= 0.6 is 0 Å². The zero-order chi connectivity index (χ0) is 27.3. The number of nitrogens with zero attached hydrogens (tertiary/aromatic N) is 1. The zero-order valence-electron chi connectivity index (χ0n) is 21.9. The van der Waals surface area contributed by atoms with E-state index in [1.807, 2.05) is 36.4 Å². The lowest BCUT2D eigenvalue weighted by molar-refractivity contribution is -0.128. The fraction of sp³-hybridized carbons (Fsp3) is 0.379. The summed E-state index contributed by atoms with van der Waals surface area (Å²) in [6, 6.07) is 18.9. The normalized spacial score (nSPS) is 18.9. The van der Waals surface area contributed by atoms with Crippen molar-refractivity contribution in [1.29, 1.82) is 0 Å². The van der Waals surface area contributed by atoms with Gasteiger partial charge in [-0.05, 0) is 68.9 Å². The summed E-state index contributed by atoms with van der Waals surface area (Å²) < 4.78 is 33.9. The number of methoxy groups -OCH3 is 1. The summed E-state index contributed by atoms with van der Waals surface area (Å²) in [5, 5.41) is 13.7. The van der Waals surface area contributed by atoms with Crippen molar-refractivity contribution in [3.05, 3.63) is 78.5 Å². The van der Waals surface area contributed by atoms with Gasteiger partial charge in [0.25, 0.3) is 0 Å². The number of rotatable bonds is 9. The summed E-state index contributed by atoms with van der Waals surface area (Å²) in [5.74, 6) is 0.158. The van der Waals surface area contributed by atoms with Crippen molar-refractivity contribution in [2.75, 3.05) is 7.11 Å². The van der Waals surface area contributed by atoms with Gasteiger partial charge in [-0.15, -0.1) is 0 Å². The van der Waals surface area contributed by atoms with Crippen molar-refractivity contribution in [2.45, 2.75) is 62.1 Å². The van der Waals surface area contributed by atoms with E-state index in [9.17, 15) is 18.3 Å². The Morgan fingerprint density at radius 3 is 2.16 bits per heavy atom. The number of hydrogen-bond acceptors (Lipinski definition) is 6. The number of benzene rings is 2. The Labute approximate surface area is 224 Å². The molecular weight excluding hydrogens is 502 g/mol. The largest absolute Gasteiger partial charge is 0.481 e. The van der Waals surface area contributed by atoms with Crippen LogP contribution in [-0.4, -0.2) is 43.2 Å². The molecule has 0 bridgehead atoms. The third-order valence-electron chi connectivity index (χ3n) is 6.99. The van der Waals surface area contributed by atoms with E-state index < -0.39 is 21.7 Å². The molecule has 38 heavy (non-hydrogen) atoms. The second kappa shape index (κ2) is 11.6. The van der Waals surface area contributed by atoms with E-state index in [2.05, 4.69) is 15.0 Å². The van der Waals surface area contributed by atoms with Crippen molar-refractivity contribution in [1.82, 2.24) is 15.0 Å². The lowest BCUT2D eigenvalue weighted by Crippen LogP contribution is -2.46. The number of sulfonamides is 1. The summed E-state index contributed by atoms with van der Waals surface area (Å²) >= 11 is 0. The highest BCUT2D eigenvalue weighted by molar-refractivity contribution is 7.89. The molecule has 1 amide bonds. The number of aliphatic hydroxyl groups is 1. The zero-order valence-corrected chi connectivity index (χ0v) is 22.7. The molecule has 1 atom stereocenters. The van der Waals surface area contributed by atoms with E-state index in [-0.39, 0.29) is 22.8 Å². The van der Waals surface area contributed by atoms with Crippen LogP contribution in [0.3, 0.4) is 0 Å². The molecule has 2 aromatic carbocycles. The second-order valence-corrected chi connectivity index (χ2v) is 12.0. The third kappa shape index (κ3) is 6.78. The van der Waals surface area contributed by atoms with Gasteiger partial charge in [0.2, 0.25) is 21.8 Å². The van der Waals surface area contributed by atoms with E-state index in [1.165, 1.54) is 0 Å². The van der Waals surface area contributed by atoms with Gasteiger partial charge in [-0.2, -0.15) is 0 Å². The van der Waals surface area contributed by atoms with Gasteiger partial charge < -0.3 is 15.2 Å². The summed E-state index contributed by atoms with van der Waals surface area (Å²) in [4.78, 5) is 17.4. The first-order valence-corrected chi connectivity index (χ1v) is 14.3. The van der Waals surface area contributed by atoms with Gasteiger partial charge in [0, 0.05) is 29.8 Å². The Balaban J connectivity index is 1.33. The van der Waals surface area contributed by atoms with Crippen LogP contribution in [-0.2, 0) is 14.8 Å². The van der Waals surface area contributed by atoms with Crippen LogP contribution in [0.15, 0.2) is 77.8 Å². The Morgan fingerprint density at radius 1 is 0.974 bits per heavy atom. The molecule has 3 aromatic rings. The smallest absolute Gasteiger partial charge is 0.240 e. The van der Waals surface area contributed by atoms with Crippen molar-refractivity contribution in [3.63, 3.8) is 0 Å². The number of ether oxygens (including phenoxy) is 1. The van der Waals surface area contributed by atoms with Gasteiger partial charge >= 0.3 is 0 Å². The third-order valence-corrected chi connectivity index (χ3v) is 8.53. The lowest BCUT2D eigenvalue weighted by Gasteiger charge is -2.34. The number of hydrogen-bond donors (Lipinski definition) is 3. The van der Waals surface area contributed by atoms with Gasteiger partial charge in [0.05, 0.1) is 23.6 Å². The molecule has 3 N–H and O–H groups in total. The molecule has 0 aliphatic heterocycles. The van der Waals surface area contributed by atoms with Crippen LogP contribution in [0.25, 0.3) is 11.1 Å². The number of carbonyl (C=O) groups excluding carboxylic acids is 1. The fourth-order valence-corrected chi connectivity index (χ4v) is 6.14. The molecule has 0 saturated heterocycles. The fourth-order valence-electron chi connectivity index (χ4n) is 4.83. The predicted octanol–water partition coefficient (Wildman–Crippen LogP) is 4.22. The van der Waals surface area contributed by atoms with Crippen LogP contribution in [0.4, 0.5) is 0 Å². The number of pyridine rings is 1. The number of nitrogens with one attached hydrogen (secondary N) is 2. The van der Waals surface area contributed by atoms with Crippen LogP contribution in [0, 0.1) is 5.92 Å². The Morgan fingerprint density at radius 2 is 1.61 bits per heavy atom. The highest BCUT2D eigenvalue weighted by Gasteiger charge is 2.34. The first kappa shape index (κ1) is 27.8. The minimum absolute atomic E-state index is 0.120. The summed E-state index contributed by atoms with van der Waals surface area (Å²) in [5.41, 5.74) is 1.41. The summed E-state index contributed by atoms with van der Waals surface area (Å²) in [6.07, 6.45) is 3.93. The van der Waals surface area contributed by atoms with E-state index in [0.29, 0.717) is 31.6 Å². The van der Waals surface area contributed by atoms with Gasteiger partial charge in [-0.25, -0.2) is 18.1 Å². The molecule has 0 radical (unpaired) electrons. The maximum Gasteiger partial charge on any atom is 0.240 e. The molecule has 1 aromatic heterocycles. The Bertz CT molecular complexity index is 1310. The molecule has 1 fully saturated rings. The number of amides is 1. The molecule has 1 aliphatic rings. The Kier molecular flexibility index (Phi) is 8.50. The molecule has 8 nitrogen and oxygen atoms in total. The Hall–Kier alpha value is -3.27. The first-order chi connectivity index (χ1) is 18.1. The van der Waals surface area contributed by atoms with Crippen molar-refractivity contribution >= 4 is 15.9 Å². The van der Waals surface area contributed by atoms with Gasteiger partial charge in [0.1, 0.15) is 0 Å². The minimum atomic E-state index is -3.70. The molecule has 1 aliphatic carbocycles. The second-order valence-electron chi connectivity index (χ2n) is 10.3. The van der Waals surface area contributed by atoms with E-state index in [1.54, 1.807) is 57.5 Å². The SMILES string of the molecule is COc1ccc(-c2ccc(S(=O)(=O)NC3CCC(C(=O)N[C@@H](c4ccccc4)C(C)(C)O)CC3)cc2)cn1. The standard InChI is InChI=1S/C29H35N3O5S/c1-29(2,34)27(21-7-5-4-6-8-21)31-28(33)22-9-14-24(15-10-22)32-38(35,36)25-16-11-20(12-17-25)23-13-18-26(37-3)30-19-23/h4-8,11-13,16-19,22,24,27,32,34H,9-10,14-15H2,1-3H3,(H,31,33)/t22?,24?,27-/m0/s1. The maximum atomic E-state index is 13.1. The summed E-state index contributed by atoms with van der Waals surface area (Å²) in [7, 11) is -2.15.